The Morgan fingerprint density at radius 1 is 0.765 bits per heavy atom. The normalized spacial score (nSPS) is 11.4. The maximum absolute atomic E-state index is 13.4. The lowest BCUT2D eigenvalue weighted by atomic mass is 9.92. The third kappa shape index (κ3) is 4.63. The monoisotopic (exact) mass is 459 g/mol. The molecular formula is C29H24F3NO. The summed E-state index contributed by atoms with van der Waals surface area (Å²) in [7, 11) is 0. The fourth-order valence-electron chi connectivity index (χ4n) is 4.17. The summed E-state index contributed by atoms with van der Waals surface area (Å²) in [6.45, 7) is 4.12. The first-order valence-electron chi connectivity index (χ1n) is 11.2. The molecule has 0 bridgehead atoms. The molecule has 1 heterocycles. The Hall–Kier alpha value is -3.78. The first kappa shape index (κ1) is 23.4. The molecule has 0 saturated carbocycles. The topological polar surface area (TPSA) is 36.9 Å². The van der Waals surface area contributed by atoms with E-state index in [0.29, 0.717) is 22.6 Å². The van der Waals surface area contributed by atoms with Crippen LogP contribution in [0.25, 0.3) is 33.8 Å². The quantitative estimate of drug-likeness (QED) is 0.290. The highest BCUT2D eigenvalue weighted by Crippen LogP contribution is 2.44. The van der Waals surface area contributed by atoms with Crippen molar-refractivity contribution in [1.82, 2.24) is 0 Å². The lowest BCUT2D eigenvalue weighted by Crippen LogP contribution is -2.04. The van der Waals surface area contributed by atoms with Gasteiger partial charge in [-0.25, -0.2) is 0 Å². The van der Waals surface area contributed by atoms with Crippen LogP contribution in [0.5, 0.6) is 0 Å². The number of aryl methyl sites for hydroxylation is 2. The van der Waals surface area contributed by atoms with Crippen LogP contribution in [0.15, 0.2) is 77.2 Å². The Morgan fingerprint density at radius 3 is 1.91 bits per heavy atom. The van der Waals surface area contributed by atoms with Crippen molar-refractivity contribution in [3.63, 3.8) is 0 Å². The van der Waals surface area contributed by atoms with E-state index in [1.165, 1.54) is 6.07 Å². The van der Waals surface area contributed by atoms with Gasteiger partial charge in [0.05, 0.1) is 18.1 Å². The van der Waals surface area contributed by atoms with E-state index in [2.05, 4.69) is 26.0 Å². The standard InChI is InChI=1S/C29H24F3NO/c1-3-19-8-5-10-21(16-19)26-25(14-15-33)27(23-12-7-13-24(18-23)29(30,31)32)34-28(26)22-11-6-9-20(4-2)17-22/h5-13,16-18H,3-4,14H2,1-2H3. The molecule has 0 radical (unpaired) electrons. The summed E-state index contributed by atoms with van der Waals surface area (Å²) in [5.41, 5.74) is 4.82. The number of halogens is 3. The van der Waals surface area contributed by atoms with Crippen molar-refractivity contribution in [2.24, 2.45) is 0 Å². The number of hydrogen-bond acceptors (Lipinski definition) is 2. The predicted octanol–water partition coefficient (Wildman–Crippen LogP) is 8.49. The van der Waals surface area contributed by atoms with Crippen molar-refractivity contribution >= 4 is 0 Å². The van der Waals surface area contributed by atoms with Gasteiger partial charge in [0.1, 0.15) is 11.5 Å². The van der Waals surface area contributed by atoms with Gasteiger partial charge in [0.25, 0.3) is 0 Å². The van der Waals surface area contributed by atoms with E-state index in [1.54, 1.807) is 6.07 Å². The summed E-state index contributed by atoms with van der Waals surface area (Å²) in [6.07, 6.45) is -2.80. The molecular weight excluding hydrogens is 435 g/mol. The average Bonchev–Trinajstić information content (AvgIpc) is 3.23. The predicted molar refractivity (Wildman–Crippen MR) is 128 cm³/mol. The van der Waals surface area contributed by atoms with E-state index in [1.807, 2.05) is 42.5 Å². The van der Waals surface area contributed by atoms with Crippen LogP contribution in [-0.2, 0) is 25.4 Å². The molecule has 0 fully saturated rings. The lowest BCUT2D eigenvalue weighted by Gasteiger charge is -2.09. The second-order valence-corrected chi connectivity index (χ2v) is 8.14. The summed E-state index contributed by atoms with van der Waals surface area (Å²) in [6, 6.07) is 23.2. The van der Waals surface area contributed by atoms with Crippen LogP contribution in [0.1, 0.15) is 36.1 Å². The molecule has 3 aromatic carbocycles. The largest absolute Gasteiger partial charge is 0.455 e. The Morgan fingerprint density at radius 2 is 1.32 bits per heavy atom. The van der Waals surface area contributed by atoms with Crippen molar-refractivity contribution < 1.29 is 17.6 Å². The minimum absolute atomic E-state index is 0.00817. The van der Waals surface area contributed by atoms with Crippen molar-refractivity contribution in [2.45, 2.75) is 39.3 Å². The highest BCUT2D eigenvalue weighted by Gasteiger charge is 2.31. The summed E-state index contributed by atoms with van der Waals surface area (Å²) < 4.78 is 46.6. The highest BCUT2D eigenvalue weighted by molar-refractivity contribution is 5.88. The first-order valence-corrected chi connectivity index (χ1v) is 11.2. The molecule has 0 saturated heterocycles. The second-order valence-electron chi connectivity index (χ2n) is 8.14. The molecule has 4 aromatic rings. The van der Waals surface area contributed by atoms with Crippen molar-refractivity contribution in [3.8, 4) is 39.8 Å². The van der Waals surface area contributed by atoms with Gasteiger partial charge >= 0.3 is 6.18 Å². The molecule has 0 spiro atoms. The third-order valence-electron chi connectivity index (χ3n) is 5.94. The molecule has 0 N–H and O–H groups in total. The molecule has 172 valence electrons. The molecule has 2 nitrogen and oxygen atoms in total. The molecule has 0 aliphatic rings. The molecule has 0 aliphatic carbocycles. The van der Waals surface area contributed by atoms with Gasteiger partial charge in [0.15, 0.2) is 0 Å². The maximum Gasteiger partial charge on any atom is 0.416 e. The molecule has 5 heteroatoms. The van der Waals surface area contributed by atoms with Gasteiger partial charge in [0.2, 0.25) is 0 Å². The number of hydrogen-bond donors (Lipinski definition) is 0. The van der Waals surface area contributed by atoms with Crippen LogP contribution in [0.3, 0.4) is 0 Å². The Bertz CT molecular complexity index is 1360. The Balaban J connectivity index is 2.04. The average molecular weight is 460 g/mol. The van der Waals surface area contributed by atoms with E-state index in [9.17, 15) is 18.4 Å². The fourth-order valence-corrected chi connectivity index (χ4v) is 4.17. The Labute approximate surface area is 197 Å². The number of alkyl halides is 3. The van der Waals surface area contributed by atoms with Gasteiger partial charge in [0, 0.05) is 22.3 Å². The van der Waals surface area contributed by atoms with E-state index in [4.69, 9.17) is 4.42 Å². The summed E-state index contributed by atoms with van der Waals surface area (Å²) in [5.74, 6) is 0.850. The number of rotatable bonds is 6. The zero-order chi connectivity index (χ0) is 24.3. The summed E-state index contributed by atoms with van der Waals surface area (Å²) in [5, 5.41) is 9.64. The number of nitrogens with zero attached hydrogens (tertiary/aromatic N) is 1. The highest BCUT2D eigenvalue weighted by atomic mass is 19.4. The zero-order valence-electron chi connectivity index (χ0n) is 19.0. The van der Waals surface area contributed by atoms with Crippen LogP contribution < -0.4 is 0 Å². The van der Waals surface area contributed by atoms with Crippen LogP contribution in [0.4, 0.5) is 13.2 Å². The second kappa shape index (κ2) is 9.61. The van der Waals surface area contributed by atoms with Crippen LogP contribution >= 0.6 is 0 Å². The Kier molecular flexibility index (Phi) is 6.61. The van der Waals surface area contributed by atoms with Crippen molar-refractivity contribution in [2.75, 3.05) is 0 Å². The minimum atomic E-state index is -4.48. The van der Waals surface area contributed by atoms with E-state index in [0.717, 1.165) is 52.8 Å². The van der Waals surface area contributed by atoms with Crippen LogP contribution in [0.2, 0.25) is 0 Å². The number of benzene rings is 3. The molecule has 34 heavy (non-hydrogen) atoms. The van der Waals surface area contributed by atoms with Gasteiger partial charge in [-0.3, -0.25) is 0 Å². The molecule has 0 aliphatic heterocycles. The maximum atomic E-state index is 13.4. The van der Waals surface area contributed by atoms with E-state index >= 15 is 0 Å². The van der Waals surface area contributed by atoms with E-state index in [-0.39, 0.29) is 6.42 Å². The SMILES string of the molecule is CCc1cccc(-c2oc(-c3cccc(C(F)(F)F)c3)c(CC#N)c2-c2cccc(CC)c2)c1. The summed E-state index contributed by atoms with van der Waals surface area (Å²) >= 11 is 0. The zero-order valence-corrected chi connectivity index (χ0v) is 19.0. The number of nitriles is 1. The molecule has 1 aromatic heterocycles. The van der Waals surface area contributed by atoms with Gasteiger partial charge in [-0.2, -0.15) is 18.4 Å². The molecule has 0 atom stereocenters. The summed E-state index contributed by atoms with van der Waals surface area (Å²) in [4.78, 5) is 0. The van der Waals surface area contributed by atoms with Crippen LogP contribution in [0, 0.1) is 11.3 Å². The van der Waals surface area contributed by atoms with Gasteiger partial charge in [-0.05, 0) is 47.7 Å². The minimum Gasteiger partial charge on any atom is -0.455 e. The smallest absolute Gasteiger partial charge is 0.416 e. The first-order chi connectivity index (χ1) is 16.4. The molecule has 0 unspecified atom stereocenters. The van der Waals surface area contributed by atoms with Gasteiger partial charge < -0.3 is 4.42 Å². The van der Waals surface area contributed by atoms with Gasteiger partial charge in [-0.15, -0.1) is 0 Å². The molecule has 0 amide bonds. The molecule has 4 rings (SSSR count). The lowest BCUT2D eigenvalue weighted by molar-refractivity contribution is -0.137. The van der Waals surface area contributed by atoms with Gasteiger partial charge in [-0.1, -0.05) is 68.4 Å². The fraction of sp³-hybridized carbons (Fsp3) is 0.207. The van der Waals surface area contributed by atoms with Crippen molar-refractivity contribution in [3.05, 3.63) is 95.1 Å². The van der Waals surface area contributed by atoms with Crippen LogP contribution in [-0.4, -0.2) is 0 Å². The third-order valence-corrected chi connectivity index (χ3v) is 5.94. The number of furan rings is 1. The van der Waals surface area contributed by atoms with E-state index < -0.39 is 11.7 Å². The van der Waals surface area contributed by atoms with Crippen molar-refractivity contribution in [1.29, 1.82) is 5.26 Å².